The van der Waals surface area contributed by atoms with Crippen LogP contribution in [0.2, 0.25) is 0 Å². The van der Waals surface area contributed by atoms with Gasteiger partial charge in [-0.05, 0) is 17.0 Å². The van der Waals surface area contributed by atoms with Gasteiger partial charge in [0.15, 0.2) is 0 Å². The average Bonchev–Trinajstić information content (AvgIpc) is 3.07. The van der Waals surface area contributed by atoms with Crippen LogP contribution in [0.3, 0.4) is 0 Å². The van der Waals surface area contributed by atoms with Gasteiger partial charge in [-0.2, -0.15) is 0 Å². The first kappa shape index (κ1) is 16.7. The lowest BCUT2D eigenvalue weighted by molar-refractivity contribution is -0.123. The molecular formula is C16H17N3O3S. The van der Waals surface area contributed by atoms with Crippen LogP contribution < -0.4 is 16.2 Å². The molecule has 3 amide bonds. The maximum atomic E-state index is 12.0. The quantitative estimate of drug-likeness (QED) is 0.730. The van der Waals surface area contributed by atoms with Crippen molar-refractivity contribution in [1.82, 2.24) is 16.2 Å². The Morgan fingerprint density at radius 1 is 1.04 bits per heavy atom. The maximum absolute atomic E-state index is 12.0. The summed E-state index contributed by atoms with van der Waals surface area (Å²) >= 11 is 1.28. The SMILES string of the molecule is CC(=O)N[C@@H](CC(=O)NNC(=O)c1cccs1)c1ccccc1. The lowest BCUT2D eigenvalue weighted by Crippen LogP contribution is -2.43. The van der Waals surface area contributed by atoms with E-state index >= 15 is 0 Å². The molecule has 1 aromatic carbocycles. The van der Waals surface area contributed by atoms with Crippen LogP contribution in [0.25, 0.3) is 0 Å². The van der Waals surface area contributed by atoms with Crippen LogP contribution in [0.15, 0.2) is 47.8 Å². The standard InChI is InChI=1S/C16H17N3O3S/c1-11(20)17-13(12-6-3-2-4-7-12)10-15(21)18-19-16(22)14-8-5-9-23-14/h2-9,13H,10H2,1H3,(H,17,20)(H,18,21)(H,19,22)/t13-/m0/s1. The predicted octanol–water partition coefficient (Wildman–Crippen LogP) is 1.78. The van der Waals surface area contributed by atoms with E-state index in [0.717, 1.165) is 5.56 Å². The van der Waals surface area contributed by atoms with E-state index in [2.05, 4.69) is 16.2 Å². The van der Waals surface area contributed by atoms with Crippen molar-refractivity contribution in [2.45, 2.75) is 19.4 Å². The molecule has 2 aromatic rings. The number of carbonyl (C=O) groups excluding carboxylic acids is 3. The smallest absolute Gasteiger partial charge is 0.279 e. The van der Waals surface area contributed by atoms with Gasteiger partial charge >= 0.3 is 0 Å². The van der Waals surface area contributed by atoms with Crippen molar-refractivity contribution in [2.24, 2.45) is 0 Å². The Morgan fingerprint density at radius 3 is 2.39 bits per heavy atom. The summed E-state index contributed by atoms with van der Waals surface area (Å²) in [6, 6.07) is 12.2. The molecule has 23 heavy (non-hydrogen) atoms. The number of rotatable bonds is 5. The highest BCUT2D eigenvalue weighted by atomic mass is 32.1. The molecule has 0 saturated heterocycles. The van der Waals surface area contributed by atoms with Crippen LogP contribution in [0.5, 0.6) is 0 Å². The maximum Gasteiger partial charge on any atom is 0.279 e. The number of carbonyl (C=O) groups is 3. The highest BCUT2D eigenvalue weighted by Crippen LogP contribution is 2.16. The summed E-state index contributed by atoms with van der Waals surface area (Å²) in [6.07, 6.45) is 0.0221. The van der Waals surface area contributed by atoms with Gasteiger partial charge in [-0.15, -0.1) is 11.3 Å². The summed E-state index contributed by atoms with van der Waals surface area (Å²) in [4.78, 5) is 35.6. The van der Waals surface area contributed by atoms with E-state index < -0.39 is 11.9 Å². The van der Waals surface area contributed by atoms with Crippen LogP contribution in [0.4, 0.5) is 0 Å². The van der Waals surface area contributed by atoms with E-state index in [0.29, 0.717) is 4.88 Å². The molecule has 120 valence electrons. The van der Waals surface area contributed by atoms with Crippen molar-refractivity contribution in [1.29, 1.82) is 0 Å². The minimum absolute atomic E-state index is 0.0221. The second kappa shape index (κ2) is 8.09. The highest BCUT2D eigenvalue weighted by molar-refractivity contribution is 7.12. The lowest BCUT2D eigenvalue weighted by Gasteiger charge is -2.18. The van der Waals surface area contributed by atoms with E-state index in [1.807, 2.05) is 30.3 Å². The number of hydrogen-bond donors (Lipinski definition) is 3. The Bertz CT molecular complexity index is 671. The summed E-state index contributed by atoms with van der Waals surface area (Å²) in [5.74, 6) is -0.990. The molecule has 0 fully saturated rings. The van der Waals surface area contributed by atoms with Crippen molar-refractivity contribution in [3.63, 3.8) is 0 Å². The third-order valence-corrected chi connectivity index (χ3v) is 3.90. The molecule has 0 spiro atoms. The summed E-state index contributed by atoms with van der Waals surface area (Å²) in [5.41, 5.74) is 5.54. The monoisotopic (exact) mass is 331 g/mol. The summed E-state index contributed by atoms with van der Waals surface area (Å²) in [5, 5.41) is 4.51. The first-order valence-corrected chi connectivity index (χ1v) is 7.89. The summed E-state index contributed by atoms with van der Waals surface area (Å²) in [6.45, 7) is 1.40. The fourth-order valence-electron chi connectivity index (χ4n) is 2.02. The molecule has 0 radical (unpaired) electrons. The second-order valence-electron chi connectivity index (χ2n) is 4.85. The fourth-order valence-corrected chi connectivity index (χ4v) is 2.63. The van der Waals surface area contributed by atoms with Gasteiger partial charge in [-0.3, -0.25) is 25.2 Å². The Balaban J connectivity index is 1.92. The van der Waals surface area contributed by atoms with Crippen LogP contribution in [-0.2, 0) is 9.59 Å². The zero-order valence-electron chi connectivity index (χ0n) is 12.5. The Labute approximate surface area is 137 Å². The molecule has 3 N–H and O–H groups in total. The van der Waals surface area contributed by atoms with Crippen LogP contribution in [0.1, 0.15) is 34.6 Å². The molecular weight excluding hydrogens is 314 g/mol. The van der Waals surface area contributed by atoms with Gasteiger partial charge in [-0.25, -0.2) is 0 Å². The van der Waals surface area contributed by atoms with Crippen molar-refractivity contribution >= 4 is 29.1 Å². The highest BCUT2D eigenvalue weighted by Gasteiger charge is 2.17. The molecule has 1 aromatic heterocycles. The van der Waals surface area contributed by atoms with E-state index in [9.17, 15) is 14.4 Å². The summed E-state index contributed by atoms with van der Waals surface area (Å²) < 4.78 is 0. The van der Waals surface area contributed by atoms with E-state index in [4.69, 9.17) is 0 Å². The van der Waals surface area contributed by atoms with Crippen LogP contribution in [-0.4, -0.2) is 17.7 Å². The molecule has 2 rings (SSSR count). The van der Waals surface area contributed by atoms with E-state index in [-0.39, 0.29) is 18.2 Å². The van der Waals surface area contributed by atoms with Gasteiger partial charge in [0.1, 0.15) is 0 Å². The second-order valence-corrected chi connectivity index (χ2v) is 5.80. The normalized spacial score (nSPS) is 11.3. The van der Waals surface area contributed by atoms with Crippen LogP contribution in [0, 0.1) is 0 Å². The van der Waals surface area contributed by atoms with Crippen molar-refractivity contribution in [2.75, 3.05) is 0 Å². The Morgan fingerprint density at radius 2 is 1.78 bits per heavy atom. The van der Waals surface area contributed by atoms with E-state index in [1.54, 1.807) is 17.5 Å². The van der Waals surface area contributed by atoms with Crippen molar-refractivity contribution in [3.05, 3.63) is 58.3 Å². The molecule has 0 unspecified atom stereocenters. The first-order valence-electron chi connectivity index (χ1n) is 7.01. The molecule has 7 heteroatoms. The molecule has 1 atom stereocenters. The molecule has 0 saturated carbocycles. The minimum atomic E-state index is -0.452. The third kappa shape index (κ3) is 5.23. The molecule has 0 aliphatic rings. The van der Waals surface area contributed by atoms with Crippen molar-refractivity contribution in [3.8, 4) is 0 Å². The number of benzene rings is 1. The van der Waals surface area contributed by atoms with Crippen molar-refractivity contribution < 1.29 is 14.4 Å². The zero-order valence-corrected chi connectivity index (χ0v) is 13.4. The van der Waals surface area contributed by atoms with Gasteiger partial charge in [0, 0.05) is 6.92 Å². The van der Waals surface area contributed by atoms with Gasteiger partial charge in [0.05, 0.1) is 17.3 Å². The van der Waals surface area contributed by atoms with Crippen LogP contribution >= 0.6 is 11.3 Å². The number of thiophene rings is 1. The third-order valence-electron chi connectivity index (χ3n) is 3.03. The number of hydrogen-bond acceptors (Lipinski definition) is 4. The van der Waals surface area contributed by atoms with Gasteiger partial charge in [0.25, 0.3) is 5.91 Å². The van der Waals surface area contributed by atoms with Gasteiger partial charge in [0.2, 0.25) is 11.8 Å². The largest absolute Gasteiger partial charge is 0.349 e. The fraction of sp³-hybridized carbons (Fsp3) is 0.188. The molecule has 6 nitrogen and oxygen atoms in total. The lowest BCUT2D eigenvalue weighted by atomic mass is 10.0. The Hall–Kier alpha value is -2.67. The number of hydrazine groups is 1. The molecule has 0 aliphatic heterocycles. The van der Waals surface area contributed by atoms with Gasteiger partial charge in [-0.1, -0.05) is 36.4 Å². The topological polar surface area (TPSA) is 87.3 Å². The zero-order chi connectivity index (χ0) is 16.7. The molecule has 0 bridgehead atoms. The number of nitrogens with one attached hydrogen (secondary N) is 3. The molecule has 0 aliphatic carbocycles. The minimum Gasteiger partial charge on any atom is -0.349 e. The van der Waals surface area contributed by atoms with E-state index in [1.165, 1.54) is 18.3 Å². The summed E-state index contributed by atoms with van der Waals surface area (Å²) in [7, 11) is 0. The van der Waals surface area contributed by atoms with Gasteiger partial charge < -0.3 is 5.32 Å². The number of amides is 3. The first-order chi connectivity index (χ1) is 11.1. The Kier molecular flexibility index (Phi) is 5.87. The predicted molar refractivity (Wildman–Crippen MR) is 87.5 cm³/mol. The average molecular weight is 331 g/mol. The molecule has 1 heterocycles.